The molecule has 2 aromatic carbocycles. The second-order valence-corrected chi connectivity index (χ2v) is 8.13. The molecular weight excluding hydrogens is 404 g/mol. The van der Waals surface area contributed by atoms with Crippen molar-refractivity contribution in [1.29, 1.82) is 0 Å². The van der Waals surface area contributed by atoms with Crippen LogP contribution in [0.5, 0.6) is 11.5 Å². The third kappa shape index (κ3) is 3.96. The van der Waals surface area contributed by atoms with Gasteiger partial charge in [0.15, 0.2) is 5.76 Å². The number of Topliss-reactive ketones (excluding diaryl/α,β-unsaturated/α-hetero) is 1. The number of benzene rings is 2. The smallest absolute Gasteiger partial charge is 0.231 e. The van der Waals surface area contributed by atoms with Gasteiger partial charge in [-0.25, -0.2) is 0 Å². The Hall–Kier alpha value is -2.38. The van der Waals surface area contributed by atoms with Crippen molar-refractivity contribution in [3.05, 3.63) is 63.9 Å². The topological polar surface area (TPSA) is 51.2 Å². The Morgan fingerprint density at radius 2 is 1.90 bits per heavy atom. The van der Waals surface area contributed by atoms with Gasteiger partial charge >= 0.3 is 0 Å². The number of carbonyl (C=O) groups is 1. The van der Waals surface area contributed by atoms with E-state index in [1.54, 1.807) is 24.3 Å². The van der Waals surface area contributed by atoms with Crippen molar-refractivity contribution in [3.63, 3.8) is 0 Å². The number of halogens is 1. The molecule has 0 unspecified atom stereocenters. The highest BCUT2D eigenvalue weighted by molar-refractivity contribution is 6.30. The summed E-state index contributed by atoms with van der Waals surface area (Å²) in [7, 11) is 0. The lowest BCUT2D eigenvalue weighted by molar-refractivity contribution is 0.0239. The van der Waals surface area contributed by atoms with Crippen LogP contribution < -0.4 is 9.47 Å². The first kappa shape index (κ1) is 19.6. The van der Waals surface area contributed by atoms with Gasteiger partial charge in [-0.2, -0.15) is 0 Å². The molecule has 0 bridgehead atoms. The van der Waals surface area contributed by atoms with E-state index in [2.05, 4.69) is 9.80 Å². The summed E-state index contributed by atoms with van der Waals surface area (Å²) < 4.78 is 17.4. The maximum absolute atomic E-state index is 12.9. The second-order valence-electron chi connectivity index (χ2n) is 7.69. The van der Waals surface area contributed by atoms with Gasteiger partial charge in [0, 0.05) is 37.7 Å². The van der Waals surface area contributed by atoms with Gasteiger partial charge in [0.05, 0.1) is 24.3 Å². The Bertz CT molecular complexity index is 1000. The normalized spacial score (nSPS) is 20.6. The molecule has 2 aromatic rings. The minimum absolute atomic E-state index is 0.113. The van der Waals surface area contributed by atoms with Gasteiger partial charge in [0.2, 0.25) is 5.78 Å². The van der Waals surface area contributed by atoms with E-state index in [1.807, 2.05) is 18.2 Å². The summed E-state index contributed by atoms with van der Waals surface area (Å²) >= 11 is 6.07. The van der Waals surface area contributed by atoms with Crippen LogP contribution in [0.25, 0.3) is 6.08 Å². The molecule has 3 aliphatic rings. The monoisotopic (exact) mass is 426 g/mol. The summed E-state index contributed by atoms with van der Waals surface area (Å²) in [4.78, 5) is 17.5. The number of hydrogen-bond donors (Lipinski definition) is 0. The highest BCUT2D eigenvalue weighted by Gasteiger charge is 2.33. The predicted molar refractivity (Wildman–Crippen MR) is 114 cm³/mol. The fraction of sp³-hybridized carbons (Fsp3) is 0.348. The Balaban J connectivity index is 1.34. The third-order valence-corrected chi connectivity index (χ3v) is 5.90. The van der Waals surface area contributed by atoms with Crippen LogP contribution in [-0.2, 0) is 11.3 Å². The van der Waals surface area contributed by atoms with E-state index in [9.17, 15) is 4.79 Å². The summed E-state index contributed by atoms with van der Waals surface area (Å²) in [5.74, 6) is 1.60. The second kappa shape index (κ2) is 8.40. The van der Waals surface area contributed by atoms with Gasteiger partial charge < -0.3 is 14.2 Å². The van der Waals surface area contributed by atoms with Crippen molar-refractivity contribution in [2.75, 3.05) is 46.1 Å². The maximum Gasteiger partial charge on any atom is 0.231 e. The minimum Gasteiger partial charge on any atom is -0.478 e. The molecule has 156 valence electrons. The lowest BCUT2D eigenvalue weighted by Gasteiger charge is -2.33. The van der Waals surface area contributed by atoms with Crippen LogP contribution in [0, 0.1) is 0 Å². The first-order valence-corrected chi connectivity index (χ1v) is 10.6. The predicted octanol–water partition coefficient (Wildman–Crippen LogP) is 3.44. The molecule has 3 heterocycles. The molecular formula is C23H23ClN2O4. The molecule has 30 heavy (non-hydrogen) atoms. The first-order chi connectivity index (χ1) is 14.7. The average molecular weight is 427 g/mol. The van der Waals surface area contributed by atoms with Crippen molar-refractivity contribution >= 4 is 23.5 Å². The number of nitrogens with zero attached hydrogens (tertiary/aromatic N) is 2. The van der Waals surface area contributed by atoms with E-state index in [0.29, 0.717) is 35.4 Å². The number of hydrogen-bond acceptors (Lipinski definition) is 6. The molecule has 5 rings (SSSR count). The fourth-order valence-electron chi connectivity index (χ4n) is 4.00. The fourth-order valence-corrected chi connectivity index (χ4v) is 4.20. The zero-order valence-electron chi connectivity index (χ0n) is 16.6. The number of rotatable bonds is 4. The van der Waals surface area contributed by atoms with Crippen molar-refractivity contribution < 1.29 is 19.0 Å². The van der Waals surface area contributed by atoms with Crippen molar-refractivity contribution in [2.45, 2.75) is 6.54 Å². The zero-order valence-corrected chi connectivity index (χ0v) is 17.4. The largest absolute Gasteiger partial charge is 0.478 e. The summed E-state index contributed by atoms with van der Waals surface area (Å²) in [5.41, 5.74) is 2.35. The van der Waals surface area contributed by atoms with Crippen molar-refractivity contribution in [3.8, 4) is 11.5 Å². The molecule has 0 amide bonds. The van der Waals surface area contributed by atoms with Crippen molar-refractivity contribution in [1.82, 2.24) is 9.80 Å². The lowest BCUT2D eigenvalue weighted by atomic mass is 10.0. The molecule has 0 aliphatic carbocycles. The summed E-state index contributed by atoms with van der Waals surface area (Å²) in [6.07, 6.45) is 1.74. The molecule has 0 aromatic heterocycles. The summed E-state index contributed by atoms with van der Waals surface area (Å²) in [6, 6.07) is 11.0. The standard InChI is InChI=1S/C23H23ClN2O4/c24-17-3-1-2-16(12-17)13-21-22(27)18-4-5-20-19(23(18)30-21)14-26(15-29-20)7-6-25-8-10-28-11-9-25/h1-5,12-13H,6-11,14-15H2. The highest BCUT2D eigenvalue weighted by atomic mass is 35.5. The lowest BCUT2D eigenvalue weighted by Crippen LogP contribution is -2.43. The van der Waals surface area contributed by atoms with Crippen LogP contribution in [0.4, 0.5) is 0 Å². The Morgan fingerprint density at radius 1 is 1.07 bits per heavy atom. The number of carbonyl (C=O) groups excluding carboxylic acids is 1. The van der Waals surface area contributed by atoms with E-state index >= 15 is 0 Å². The van der Waals surface area contributed by atoms with Crippen LogP contribution in [0.15, 0.2) is 42.2 Å². The Labute approximate surface area is 180 Å². The molecule has 7 heteroatoms. The molecule has 3 aliphatic heterocycles. The number of allylic oxidation sites excluding steroid dienone is 1. The van der Waals surface area contributed by atoms with Gasteiger partial charge in [0.25, 0.3) is 0 Å². The minimum atomic E-state index is -0.113. The number of fused-ring (bicyclic) bond motifs is 3. The molecule has 1 fully saturated rings. The SMILES string of the molecule is O=C1C(=Cc2cccc(Cl)c2)Oc2c1ccc1c2CN(CCN2CCOCC2)CO1. The van der Waals surface area contributed by atoms with Crippen LogP contribution in [0.1, 0.15) is 21.5 Å². The zero-order chi connectivity index (χ0) is 20.5. The van der Waals surface area contributed by atoms with Gasteiger partial charge in [-0.15, -0.1) is 0 Å². The van der Waals surface area contributed by atoms with E-state index in [4.69, 9.17) is 25.8 Å². The van der Waals surface area contributed by atoms with Crippen LogP contribution in [-0.4, -0.2) is 61.7 Å². The van der Waals surface area contributed by atoms with Gasteiger partial charge in [-0.3, -0.25) is 14.6 Å². The molecule has 0 atom stereocenters. The van der Waals surface area contributed by atoms with Crippen LogP contribution in [0.3, 0.4) is 0 Å². The number of ketones is 1. The Morgan fingerprint density at radius 3 is 2.73 bits per heavy atom. The maximum atomic E-state index is 12.9. The van der Waals surface area contributed by atoms with E-state index < -0.39 is 0 Å². The van der Waals surface area contributed by atoms with Crippen LogP contribution in [0.2, 0.25) is 5.02 Å². The quantitative estimate of drug-likeness (QED) is 0.698. The molecule has 6 nitrogen and oxygen atoms in total. The van der Waals surface area contributed by atoms with E-state index in [0.717, 1.165) is 56.3 Å². The number of morpholine rings is 1. The first-order valence-electron chi connectivity index (χ1n) is 10.2. The van der Waals surface area contributed by atoms with Crippen molar-refractivity contribution in [2.24, 2.45) is 0 Å². The summed E-state index contributed by atoms with van der Waals surface area (Å²) in [6.45, 7) is 6.62. The molecule has 0 radical (unpaired) electrons. The third-order valence-electron chi connectivity index (χ3n) is 5.66. The average Bonchev–Trinajstić information content (AvgIpc) is 3.09. The van der Waals surface area contributed by atoms with Crippen LogP contribution >= 0.6 is 11.6 Å². The molecule has 1 saturated heterocycles. The molecule has 0 spiro atoms. The van der Waals surface area contributed by atoms with Gasteiger partial charge in [-0.1, -0.05) is 23.7 Å². The molecule has 0 N–H and O–H groups in total. The highest BCUT2D eigenvalue weighted by Crippen LogP contribution is 2.42. The number of ether oxygens (including phenoxy) is 3. The Kier molecular flexibility index (Phi) is 5.48. The van der Waals surface area contributed by atoms with E-state index in [-0.39, 0.29) is 5.78 Å². The summed E-state index contributed by atoms with van der Waals surface area (Å²) in [5, 5.41) is 0.619. The molecule has 0 saturated carbocycles. The van der Waals surface area contributed by atoms with Gasteiger partial charge in [-0.05, 0) is 35.9 Å². The van der Waals surface area contributed by atoms with Gasteiger partial charge in [0.1, 0.15) is 18.2 Å². The van der Waals surface area contributed by atoms with E-state index in [1.165, 1.54) is 0 Å².